The molecule has 1 unspecified atom stereocenters. The largest absolute Gasteiger partial charge is 0.330 e. The monoisotopic (exact) mass is 345 g/mol. The molecule has 2 rings (SSSR count). The van der Waals surface area contributed by atoms with E-state index < -0.39 is 0 Å². The van der Waals surface area contributed by atoms with Crippen molar-refractivity contribution in [2.75, 3.05) is 11.9 Å². The Morgan fingerprint density at radius 1 is 1.41 bits per heavy atom. The predicted molar refractivity (Wildman–Crippen MR) is 91.6 cm³/mol. The van der Waals surface area contributed by atoms with Gasteiger partial charge in [-0.05, 0) is 19.1 Å². The first kappa shape index (κ1) is 20.4. The number of rotatable bonds is 5. The highest BCUT2D eigenvalue weighted by Crippen LogP contribution is 2.13. The van der Waals surface area contributed by atoms with Crippen LogP contribution in [0.25, 0.3) is 0 Å². The average molecular weight is 346 g/mol. The maximum Gasteiger partial charge on any atom is 0.229 e. The highest BCUT2D eigenvalue weighted by molar-refractivity contribution is 5.91. The molecule has 22 heavy (non-hydrogen) atoms. The van der Waals surface area contributed by atoms with Gasteiger partial charge in [0, 0.05) is 24.7 Å². The van der Waals surface area contributed by atoms with Crippen LogP contribution in [0.5, 0.6) is 0 Å². The fraction of sp³-hybridized carbons (Fsp3) is 0.357. The van der Waals surface area contributed by atoms with Crippen LogP contribution in [0, 0.1) is 12.8 Å². The van der Waals surface area contributed by atoms with Crippen LogP contribution in [-0.2, 0) is 11.3 Å². The van der Waals surface area contributed by atoms with E-state index in [1.807, 2.05) is 31.2 Å². The number of aryl methyl sites for hydroxylation is 1. The van der Waals surface area contributed by atoms with Gasteiger partial charge >= 0.3 is 0 Å². The van der Waals surface area contributed by atoms with E-state index in [2.05, 4.69) is 15.4 Å². The normalized spacial score (nSPS) is 11.0. The number of aromatic nitrogens is 3. The number of nitrogens with zero attached hydrogens (tertiary/aromatic N) is 3. The van der Waals surface area contributed by atoms with Gasteiger partial charge in [-0.3, -0.25) is 9.78 Å². The Morgan fingerprint density at radius 2 is 2.14 bits per heavy atom. The molecule has 122 valence electrons. The topological polar surface area (TPSA) is 85.8 Å². The van der Waals surface area contributed by atoms with E-state index in [0.717, 1.165) is 11.4 Å². The molecule has 0 aliphatic carbocycles. The fourth-order valence-electron chi connectivity index (χ4n) is 1.77. The summed E-state index contributed by atoms with van der Waals surface area (Å²) in [7, 11) is 0. The summed E-state index contributed by atoms with van der Waals surface area (Å²) in [6.07, 6.45) is 1.74. The molecule has 3 N–H and O–H groups in total. The fourth-order valence-corrected chi connectivity index (χ4v) is 1.77. The standard InChI is InChI=1S/C14H19N5O.2ClH/c1-10(8-15)14(20)17-13-7-11(2)18-19(13)9-12-5-3-4-6-16-12;;/h3-7,10H,8-9,15H2,1-2H3,(H,17,20);2*1H. The molecule has 0 spiro atoms. The van der Waals surface area contributed by atoms with Crippen LogP contribution < -0.4 is 11.1 Å². The zero-order valence-electron chi connectivity index (χ0n) is 12.5. The molecule has 0 saturated carbocycles. The Morgan fingerprint density at radius 3 is 2.73 bits per heavy atom. The van der Waals surface area contributed by atoms with Crippen molar-refractivity contribution in [3.8, 4) is 0 Å². The third kappa shape index (κ3) is 5.29. The molecule has 0 fully saturated rings. The van der Waals surface area contributed by atoms with E-state index >= 15 is 0 Å². The van der Waals surface area contributed by atoms with Gasteiger partial charge in [-0.2, -0.15) is 5.10 Å². The van der Waals surface area contributed by atoms with Crippen LogP contribution in [0.15, 0.2) is 30.5 Å². The van der Waals surface area contributed by atoms with Crippen molar-refractivity contribution in [1.82, 2.24) is 14.8 Å². The number of amides is 1. The molecule has 0 saturated heterocycles. The number of anilines is 1. The molecule has 0 aromatic carbocycles. The number of carbonyl (C=O) groups is 1. The summed E-state index contributed by atoms with van der Waals surface area (Å²) in [6, 6.07) is 7.55. The lowest BCUT2D eigenvalue weighted by Gasteiger charge is -2.11. The number of pyridine rings is 1. The Labute approximate surface area is 142 Å². The number of nitrogens with one attached hydrogen (secondary N) is 1. The zero-order chi connectivity index (χ0) is 14.5. The molecule has 6 nitrogen and oxygen atoms in total. The van der Waals surface area contributed by atoms with E-state index in [9.17, 15) is 4.79 Å². The molecule has 0 radical (unpaired) electrons. The summed E-state index contributed by atoms with van der Waals surface area (Å²) in [5, 5.41) is 7.23. The second-order valence-corrected chi connectivity index (χ2v) is 4.78. The van der Waals surface area contributed by atoms with E-state index in [0.29, 0.717) is 18.9 Å². The molecule has 0 aliphatic rings. The van der Waals surface area contributed by atoms with Gasteiger partial charge in [0.2, 0.25) is 5.91 Å². The summed E-state index contributed by atoms with van der Waals surface area (Å²) >= 11 is 0. The summed E-state index contributed by atoms with van der Waals surface area (Å²) in [6.45, 7) is 4.51. The first-order chi connectivity index (χ1) is 9.60. The van der Waals surface area contributed by atoms with Crippen molar-refractivity contribution < 1.29 is 4.79 Å². The van der Waals surface area contributed by atoms with Gasteiger partial charge in [0.1, 0.15) is 5.82 Å². The maximum absolute atomic E-state index is 11.9. The van der Waals surface area contributed by atoms with Crippen molar-refractivity contribution >= 4 is 36.5 Å². The van der Waals surface area contributed by atoms with Gasteiger partial charge in [0.05, 0.1) is 17.9 Å². The third-order valence-electron chi connectivity index (χ3n) is 2.99. The second kappa shape index (κ2) is 9.40. The summed E-state index contributed by atoms with van der Waals surface area (Å²) in [5.41, 5.74) is 7.23. The zero-order valence-corrected chi connectivity index (χ0v) is 14.2. The van der Waals surface area contributed by atoms with Gasteiger partial charge in [0.15, 0.2) is 0 Å². The van der Waals surface area contributed by atoms with Gasteiger partial charge in [-0.1, -0.05) is 13.0 Å². The number of hydrogen-bond donors (Lipinski definition) is 2. The summed E-state index contributed by atoms with van der Waals surface area (Å²) in [4.78, 5) is 16.2. The van der Waals surface area contributed by atoms with Crippen LogP contribution in [0.4, 0.5) is 5.82 Å². The van der Waals surface area contributed by atoms with Gasteiger partial charge in [0.25, 0.3) is 0 Å². The average Bonchev–Trinajstić information content (AvgIpc) is 2.78. The molecule has 2 aromatic heterocycles. The summed E-state index contributed by atoms with van der Waals surface area (Å²) in [5.74, 6) is 0.335. The molecule has 8 heteroatoms. The number of carbonyl (C=O) groups excluding carboxylic acids is 1. The lowest BCUT2D eigenvalue weighted by atomic mass is 10.2. The molecule has 0 aliphatic heterocycles. The van der Waals surface area contributed by atoms with E-state index in [4.69, 9.17) is 5.73 Å². The number of halogens is 2. The summed E-state index contributed by atoms with van der Waals surface area (Å²) < 4.78 is 1.73. The Kier molecular flexibility index (Phi) is 8.70. The van der Waals surface area contributed by atoms with E-state index in [1.165, 1.54) is 0 Å². The van der Waals surface area contributed by atoms with Crippen molar-refractivity contribution in [3.05, 3.63) is 41.9 Å². The van der Waals surface area contributed by atoms with Crippen molar-refractivity contribution in [1.29, 1.82) is 0 Å². The van der Waals surface area contributed by atoms with E-state index in [-0.39, 0.29) is 36.6 Å². The van der Waals surface area contributed by atoms with Crippen molar-refractivity contribution in [3.63, 3.8) is 0 Å². The van der Waals surface area contributed by atoms with E-state index in [1.54, 1.807) is 17.8 Å². The van der Waals surface area contributed by atoms with Crippen LogP contribution in [0.3, 0.4) is 0 Å². The Bertz CT molecular complexity index is 588. The second-order valence-electron chi connectivity index (χ2n) is 4.78. The first-order valence-electron chi connectivity index (χ1n) is 6.55. The minimum Gasteiger partial charge on any atom is -0.330 e. The smallest absolute Gasteiger partial charge is 0.229 e. The maximum atomic E-state index is 11.9. The third-order valence-corrected chi connectivity index (χ3v) is 2.99. The number of hydrogen-bond acceptors (Lipinski definition) is 4. The molecule has 0 bridgehead atoms. The lowest BCUT2D eigenvalue weighted by Crippen LogP contribution is -2.27. The van der Waals surface area contributed by atoms with Crippen molar-refractivity contribution in [2.24, 2.45) is 11.7 Å². The Hall–Kier alpha value is -1.63. The lowest BCUT2D eigenvalue weighted by molar-refractivity contribution is -0.119. The quantitative estimate of drug-likeness (QED) is 0.867. The highest BCUT2D eigenvalue weighted by atomic mass is 35.5. The molecule has 2 heterocycles. The molecular weight excluding hydrogens is 325 g/mol. The van der Waals surface area contributed by atoms with Crippen LogP contribution in [0.2, 0.25) is 0 Å². The van der Waals surface area contributed by atoms with Crippen molar-refractivity contribution in [2.45, 2.75) is 20.4 Å². The minimum absolute atomic E-state index is 0. The van der Waals surface area contributed by atoms with Crippen LogP contribution in [-0.4, -0.2) is 27.2 Å². The molecule has 1 atom stereocenters. The highest BCUT2D eigenvalue weighted by Gasteiger charge is 2.14. The van der Waals surface area contributed by atoms with Crippen LogP contribution >= 0.6 is 24.8 Å². The molecule has 2 aromatic rings. The van der Waals surface area contributed by atoms with Crippen LogP contribution in [0.1, 0.15) is 18.3 Å². The SMILES string of the molecule is Cc1cc(NC(=O)C(C)CN)n(Cc2ccccn2)n1.Cl.Cl. The first-order valence-corrected chi connectivity index (χ1v) is 6.55. The number of nitrogens with two attached hydrogens (primary N) is 1. The predicted octanol–water partition coefficient (Wildman–Crippen LogP) is 2.01. The molecule has 1 amide bonds. The van der Waals surface area contributed by atoms with Gasteiger partial charge in [-0.15, -0.1) is 24.8 Å². The molecular formula is C14H21Cl2N5O. The van der Waals surface area contributed by atoms with Gasteiger partial charge in [-0.25, -0.2) is 4.68 Å². The Balaban J connectivity index is 0.00000220. The minimum atomic E-state index is -0.228. The van der Waals surface area contributed by atoms with Gasteiger partial charge < -0.3 is 11.1 Å².